The van der Waals surface area contributed by atoms with Crippen LogP contribution in [0.2, 0.25) is 0 Å². The van der Waals surface area contributed by atoms with E-state index >= 15 is 0 Å². The number of piperazine rings is 1. The second kappa shape index (κ2) is 6.79. The van der Waals surface area contributed by atoms with Gasteiger partial charge in [-0.2, -0.15) is 5.10 Å². The van der Waals surface area contributed by atoms with Gasteiger partial charge in [-0.1, -0.05) is 17.7 Å². The van der Waals surface area contributed by atoms with Gasteiger partial charge in [0.2, 0.25) is 0 Å². The summed E-state index contributed by atoms with van der Waals surface area (Å²) in [6.45, 7) is 6.98. The standard InChI is InChI=1S/C22H28N4O/c1-16-5-9-18(10-6-16)26-20-4-2-3-19(20)21(23-26)22(27)25-13-11-24(12-14-25)15-17-7-8-17/h5-6,9-10,17H,2-4,7-8,11-15H2,1H3. The molecule has 0 bridgehead atoms. The lowest BCUT2D eigenvalue weighted by molar-refractivity contribution is 0.0624. The van der Waals surface area contributed by atoms with Crippen LogP contribution in [0.25, 0.3) is 5.69 Å². The molecule has 1 aliphatic heterocycles. The van der Waals surface area contributed by atoms with Gasteiger partial charge >= 0.3 is 0 Å². The van der Waals surface area contributed by atoms with E-state index in [0.29, 0.717) is 5.69 Å². The highest BCUT2D eigenvalue weighted by Gasteiger charge is 2.32. The molecular formula is C22H28N4O. The van der Waals surface area contributed by atoms with Gasteiger partial charge < -0.3 is 4.90 Å². The molecule has 27 heavy (non-hydrogen) atoms. The second-order valence-corrected chi connectivity index (χ2v) is 8.41. The Morgan fingerprint density at radius 3 is 2.52 bits per heavy atom. The third-order valence-corrected chi connectivity index (χ3v) is 6.28. The molecule has 5 heteroatoms. The number of aryl methyl sites for hydroxylation is 1. The molecule has 1 aromatic heterocycles. The van der Waals surface area contributed by atoms with E-state index < -0.39 is 0 Å². The van der Waals surface area contributed by atoms with E-state index in [-0.39, 0.29) is 5.91 Å². The summed E-state index contributed by atoms with van der Waals surface area (Å²) < 4.78 is 2.01. The molecule has 1 amide bonds. The molecule has 0 spiro atoms. The average molecular weight is 364 g/mol. The molecule has 1 saturated carbocycles. The Balaban J connectivity index is 1.36. The molecule has 5 rings (SSSR count). The smallest absolute Gasteiger partial charge is 0.274 e. The van der Waals surface area contributed by atoms with Crippen LogP contribution in [-0.4, -0.2) is 58.2 Å². The Labute approximate surface area is 161 Å². The van der Waals surface area contributed by atoms with E-state index in [1.165, 1.54) is 36.2 Å². The zero-order valence-corrected chi connectivity index (χ0v) is 16.2. The van der Waals surface area contributed by atoms with Gasteiger partial charge in [0.05, 0.1) is 5.69 Å². The van der Waals surface area contributed by atoms with Gasteiger partial charge in [0.1, 0.15) is 0 Å². The van der Waals surface area contributed by atoms with E-state index in [4.69, 9.17) is 5.10 Å². The number of carbonyl (C=O) groups excluding carboxylic acids is 1. The van der Waals surface area contributed by atoms with Gasteiger partial charge in [-0.05, 0) is 57.1 Å². The number of hydrogen-bond acceptors (Lipinski definition) is 3. The summed E-state index contributed by atoms with van der Waals surface area (Å²) >= 11 is 0. The minimum Gasteiger partial charge on any atom is -0.335 e. The zero-order chi connectivity index (χ0) is 18.4. The van der Waals surface area contributed by atoms with Crippen LogP contribution in [-0.2, 0) is 12.8 Å². The largest absolute Gasteiger partial charge is 0.335 e. The van der Waals surface area contributed by atoms with Gasteiger partial charge in [0.25, 0.3) is 5.91 Å². The number of aromatic nitrogens is 2. The van der Waals surface area contributed by atoms with Crippen LogP contribution in [0, 0.1) is 12.8 Å². The average Bonchev–Trinajstić information content (AvgIpc) is 3.24. The summed E-state index contributed by atoms with van der Waals surface area (Å²) in [4.78, 5) is 17.8. The third kappa shape index (κ3) is 3.29. The van der Waals surface area contributed by atoms with E-state index in [1.807, 2.05) is 9.58 Å². The molecule has 0 atom stereocenters. The molecule has 2 aromatic rings. The molecular weight excluding hydrogens is 336 g/mol. The Kier molecular flexibility index (Phi) is 4.27. The van der Waals surface area contributed by atoms with Crippen LogP contribution in [0.5, 0.6) is 0 Å². The lowest BCUT2D eigenvalue weighted by Gasteiger charge is -2.34. The number of nitrogens with zero attached hydrogens (tertiary/aromatic N) is 4. The van der Waals surface area contributed by atoms with Gasteiger partial charge in [0, 0.05) is 44.0 Å². The number of amides is 1. The highest BCUT2D eigenvalue weighted by atomic mass is 16.2. The first kappa shape index (κ1) is 17.0. The summed E-state index contributed by atoms with van der Waals surface area (Å²) in [6.07, 6.45) is 5.89. The fourth-order valence-electron chi connectivity index (χ4n) is 4.46. The van der Waals surface area contributed by atoms with Crippen LogP contribution in [0.4, 0.5) is 0 Å². The van der Waals surface area contributed by atoms with Crippen LogP contribution < -0.4 is 0 Å². The number of hydrogen-bond donors (Lipinski definition) is 0. The molecule has 0 N–H and O–H groups in total. The molecule has 2 aliphatic carbocycles. The van der Waals surface area contributed by atoms with Crippen molar-refractivity contribution < 1.29 is 4.79 Å². The van der Waals surface area contributed by atoms with Gasteiger partial charge in [-0.3, -0.25) is 9.69 Å². The van der Waals surface area contributed by atoms with Crippen molar-refractivity contribution >= 4 is 5.91 Å². The Bertz CT molecular complexity index is 842. The Morgan fingerprint density at radius 2 is 1.81 bits per heavy atom. The molecule has 3 aliphatic rings. The third-order valence-electron chi connectivity index (χ3n) is 6.28. The molecule has 142 valence electrons. The zero-order valence-electron chi connectivity index (χ0n) is 16.2. The van der Waals surface area contributed by atoms with E-state index in [1.54, 1.807) is 0 Å². The maximum atomic E-state index is 13.2. The maximum Gasteiger partial charge on any atom is 0.274 e. The topological polar surface area (TPSA) is 41.4 Å². The summed E-state index contributed by atoms with van der Waals surface area (Å²) in [5, 5.41) is 4.80. The van der Waals surface area contributed by atoms with E-state index in [0.717, 1.165) is 57.0 Å². The quantitative estimate of drug-likeness (QED) is 0.838. The second-order valence-electron chi connectivity index (χ2n) is 8.41. The first-order valence-corrected chi connectivity index (χ1v) is 10.4. The summed E-state index contributed by atoms with van der Waals surface area (Å²) in [5.74, 6) is 1.05. The number of rotatable bonds is 4. The fourth-order valence-corrected chi connectivity index (χ4v) is 4.46. The van der Waals surface area contributed by atoms with Crippen molar-refractivity contribution in [2.45, 2.75) is 39.0 Å². The van der Waals surface area contributed by atoms with Gasteiger partial charge in [-0.15, -0.1) is 0 Å². The molecule has 0 unspecified atom stereocenters. The van der Waals surface area contributed by atoms with E-state index in [9.17, 15) is 4.79 Å². The maximum absolute atomic E-state index is 13.2. The Hall–Kier alpha value is -2.14. The predicted octanol–water partition coefficient (Wildman–Crippen LogP) is 2.84. The summed E-state index contributed by atoms with van der Waals surface area (Å²) in [7, 11) is 0. The van der Waals surface area contributed by atoms with Crippen LogP contribution in [0.3, 0.4) is 0 Å². The lowest BCUT2D eigenvalue weighted by Crippen LogP contribution is -2.49. The number of benzene rings is 1. The first-order chi connectivity index (χ1) is 13.2. The minimum absolute atomic E-state index is 0.130. The highest BCUT2D eigenvalue weighted by Crippen LogP contribution is 2.31. The van der Waals surface area contributed by atoms with Gasteiger partial charge in [-0.25, -0.2) is 4.68 Å². The van der Waals surface area contributed by atoms with Crippen LogP contribution in [0.15, 0.2) is 24.3 Å². The normalized spacial score (nSPS) is 20.1. The van der Waals surface area contributed by atoms with E-state index in [2.05, 4.69) is 36.1 Å². The molecule has 0 radical (unpaired) electrons. The molecule has 1 saturated heterocycles. The Morgan fingerprint density at radius 1 is 1.07 bits per heavy atom. The van der Waals surface area contributed by atoms with Crippen molar-refractivity contribution in [2.75, 3.05) is 32.7 Å². The van der Waals surface area contributed by atoms with Crippen molar-refractivity contribution in [3.05, 3.63) is 46.8 Å². The number of fused-ring (bicyclic) bond motifs is 1. The van der Waals surface area contributed by atoms with Crippen LogP contribution >= 0.6 is 0 Å². The monoisotopic (exact) mass is 364 g/mol. The number of carbonyl (C=O) groups is 1. The molecule has 1 aromatic carbocycles. The summed E-state index contributed by atoms with van der Waals surface area (Å²) in [6, 6.07) is 8.43. The van der Waals surface area contributed by atoms with Gasteiger partial charge in [0.15, 0.2) is 5.69 Å². The molecule has 5 nitrogen and oxygen atoms in total. The molecule has 2 fully saturated rings. The van der Waals surface area contributed by atoms with Crippen molar-refractivity contribution in [2.24, 2.45) is 5.92 Å². The van der Waals surface area contributed by atoms with Crippen molar-refractivity contribution in [3.8, 4) is 5.69 Å². The SMILES string of the molecule is Cc1ccc(-n2nc(C(=O)N3CCN(CC4CC4)CC3)c3c2CCC3)cc1. The van der Waals surface area contributed by atoms with Crippen molar-refractivity contribution in [3.63, 3.8) is 0 Å². The molecule has 2 heterocycles. The lowest BCUT2D eigenvalue weighted by atomic mass is 10.1. The van der Waals surface area contributed by atoms with Crippen molar-refractivity contribution in [1.29, 1.82) is 0 Å². The van der Waals surface area contributed by atoms with Crippen molar-refractivity contribution in [1.82, 2.24) is 19.6 Å². The predicted molar refractivity (Wildman–Crippen MR) is 105 cm³/mol. The van der Waals surface area contributed by atoms with Crippen LogP contribution in [0.1, 0.15) is 46.6 Å². The minimum atomic E-state index is 0.130. The first-order valence-electron chi connectivity index (χ1n) is 10.4. The summed E-state index contributed by atoms with van der Waals surface area (Å²) in [5.41, 5.74) is 5.41. The fraction of sp³-hybridized carbons (Fsp3) is 0.545. The highest BCUT2D eigenvalue weighted by molar-refractivity contribution is 5.94.